The Bertz CT molecular complexity index is 2040. The molecule has 3 heterocycles. The Morgan fingerprint density at radius 2 is 1.36 bits per heavy atom. The van der Waals surface area contributed by atoms with Gasteiger partial charge in [0.15, 0.2) is 0 Å². The molecule has 8 rings (SSSR count). The summed E-state index contributed by atoms with van der Waals surface area (Å²) in [6.07, 6.45) is -0.217. The summed E-state index contributed by atoms with van der Waals surface area (Å²) in [5.41, 5.74) is 4.10. The maximum Gasteiger partial charge on any atom is 0.206 e. The first-order valence-corrected chi connectivity index (χ1v) is 14.1. The first-order valence-electron chi connectivity index (χ1n) is 13.3. The molecule has 1 aliphatic rings. The fourth-order valence-electron chi connectivity index (χ4n) is 6.00. The van der Waals surface area contributed by atoms with Crippen molar-refractivity contribution in [2.24, 2.45) is 4.99 Å². The van der Waals surface area contributed by atoms with E-state index in [4.69, 9.17) is 4.99 Å². The molecule has 5 heteroatoms. The second kappa shape index (κ2) is 8.53. The number of rotatable bonds is 2. The average Bonchev–Trinajstić information content (AvgIpc) is 3.54. The summed E-state index contributed by atoms with van der Waals surface area (Å²) in [4.78, 5) is 5.34. The zero-order valence-corrected chi connectivity index (χ0v) is 22.2. The SMILES string of the molecule is CC1(c2ccccc2)NC(n2c3ccccc3c3ccc4c5ccccc5sc4c32)=NC(c2ccccc2)N1. The summed E-state index contributed by atoms with van der Waals surface area (Å²) in [5.74, 6) is 0.838. The van der Waals surface area contributed by atoms with E-state index in [0.29, 0.717) is 0 Å². The highest BCUT2D eigenvalue weighted by atomic mass is 32.1. The molecule has 0 bridgehead atoms. The van der Waals surface area contributed by atoms with Crippen molar-refractivity contribution >= 4 is 59.3 Å². The molecule has 1 aliphatic heterocycles. The lowest BCUT2D eigenvalue weighted by Gasteiger charge is -2.41. The lowest BCUT2D eigenvalue weighted by Crippen LogP contribution is -2.59. The minimum absolute atomic E-state index is 0.217. The topological polar surface area (TPSA) is 41.4 Å². The Kier molecular flexibility index (Phi) is 4.93. The molecule has 2 N–H and O–H groups in total. The third kappa shape index (κ3) is 3.44. The molecule has 7 aromatic rings. The number of nitrogens with zero attached hydrogens (tertiary/aromatic N) is 2. The Morgan fingerprint density at radius 3 is 2.18 bits per heavy atom. The molecule has 2 unspecified atom stereocenters. The highest BCUT2D eigenvalue weighted by Gasteiger charge is 2.36. The third-order valence-electron chi connectivity index (χ3n) is 7.90. The maximum atomic E-state index is 5.34. The van der Waals surface area contributed by atoms with Gasteiger partial charge in [0.2, 0.25) is 5.96 Å². The lowest BCUT2D eigenvalue weighted by molar-refractivity contribution is 0.273. The van der Waals surface area contributed by atoms with Gasteiger partial charge in [0.25, 0.3) is 0 Å². The van der Waals surface area contributed by atoms with Crippen molar-refractivity contribution in [3.63, 3.8) is 0 Å². The number of benzene rings is 5. The van der Waals surface area contributed by atoms with Crippen LogP contribution in [0.3, 0.4) is 0 Å². The van der Waals surface area contributed by atoms with Crippen LogP contribution in [0.4, 0.5) is 0 Å². The van der Waals surface area contributed by atoms with Gasteiger partial charge < -0.3 is 5.32 Å². The van der Waals surface area contributed by atoms with Gasteiger partial charge in [-0.3, -0.25) is 9.88 Å². The normalized spacial score (nSPS) is 19.5. The van der Waals surface area contributed by atoms with Crippen molar-refractivity contribution in [3.05, 3.63) is 132 Å². The molecule has 2 aromatic heterocycles. The van der Waals surface area contributed by atoms with E-state index >= 15 is 0 Å². The van der Waals surface area contributed by atoms with Crippen molar-refractivity contribution in [3.8, 4) is 0 Å². The Balaban J connectivity index is 1.46. The molecule has 2 atom stereocenters. The van der Waals surface area contributed by atoms with E-state index in [9.17, 15) is 0 Å². The number of thiophene rings is 1. The minimum Gasteiger partial charge on any atom is -0.334 e. The zero-order chi connectivity index (χ0) is 26.0. The van der Waals surface area contributed by atoms with E-state index < -0.39 is 5.66 Å². The molecule has 5 aromatic carbocycles. The predicted octanol–water partition coefficient (Wildman–Crippen LogP) is 8.13. The van der Waals surface area contributed by atoms with Crippen LogP contribution in [0.1, 0.15) is 24.2 Å². The van der Waals surface area contributed by atoms with Crippen LogP contribution in [-0.2, 0) is 5.66 Å². The Labute approximate surface area is 230 Å². The standard InChI is InChI=1S/C34H26N4S/c1-34(23-14-6-3-7-15-23)36-32(22-12-4-2-5-13-22)35-33(37-34)38-28-18-10-8-16-24(28)26-20-21-27-25-17-9-11-19-29(25)39-31(27)30(26)38/h2-21,32,36H,1H3,(H,35,37). The Hall–Kier alpha value is -4.45. The lowest BCUT2D eigenvalue weighted by atomic mass is 9.99. The molecule has 188 valence electrons. The summed E-state index contributed by atoms with van der Waals surface area (Å²) in [7, 11) is 0. The number of nitrogens with one attached hydrogen (secondary N) is 2. The number of hydrogen-bond acceptors (Lipinski definition) is 4. The van der Waals surface area contributed by atoms with Crippen LogP contribution in [-0.4, -0.2) is 10.5 Å². The zero-order valence-electron chi connectivity index (χ0n) is 21.4. The van der Waals surface area contributed by atoms with Gasteiger partial charge in [0.1, 0.15) is 11.8 Å². The van der Waals surface area contributed by atoms with Crippen molar-refractivity contribution in [2.75, 3.05) is 0 Å². The van der Waals surface area contributed by atoms with E-state index in [1.807, 2.05) is 11.3 Å². The highest BCUT2D eigenvalue weighted by molar-refractivity contribution is 7.26. The molecule has 4 nitrogen and oxygen atoms in total. The molecule has 39 heavy (non-hydrogen) atoms. The third-order valence-corrected chi connectivity index (χ3v) is 9.09. The molecule has 0 radical (unpaired) electrons. The first-order chi connectivity index (χ1) is 19.2. The van der Waals surface area contributed by atoms with Crippen LogP contribution in [0.25, 0.3) is 42.0 Å². The van der Waals surface area contributed by atoms with E-state index in [1.54, 1.807) is 0 Å². The van der Waals surface area contributed by atoms with Gasteiger partial charge in [-0.15, -0.1) is 11.3 Å². The first kappa shape index (κ1) is 22.5. The fraction of sp³-hybridized carbons (Fsp3) is 0.0882. The number of hydrogen-bond donors (Lipinski definition) is 2. The van der Waals surface area contributed by atoms with Gasteiger partial charge >= 0.3 is 0 Å². The van der Waals surface area contributed by atoms with Gasteiger partial charge in [0, 0.05) is 26.2 Å². The van der Waals surface area contributed by atoms with Crippen molar-refractivity contribution in [1.82, 2.24) is 15.2 Å². The van der Waals surface area contributed by atoms with E-state index in [2.05, 4.69) is 143 Å². The molecule has 0 spiro atoms. The van der Waals surface area contributed by atoms with Gasteiger partial charge in [-0.2, -0.15) is 0 Å². The van der Waals surface area contributed by atoms with Crippen molar-refractivity contribution in [2.45, 2.75) is 18.8 Å². The number of aromatic nitrogens is 1. The second-order valence-corrected chi connectivity index (χ2v) is 11.4. The predicted molar refractivity (Wildman–Crippen MR) is 164 cm³/mol. The van der Waals surface area contributed by atoms with Gasteiger partial charge in [0.05, 0.1) is 15.7 Å². The molecule has 0 aliphatic carbocycles. The van der Waals surface area contributed by atoms with E-state index in [-0.39, 0.29) is 6.17 Å². The summed E-state index contributed by atoms with van der Waals surface area (Å²) < 4.78 is 4.93. The largest absolute Gasteiger partial charge is 0.334 e. The monoisotopic (exact) mass is 522 g/mol. The fourth-order valence-corrected chi connectivity index (χ4v) is 7.24. The smallest absolute Gasteiger partial charge is 0.206 e. The van der Waals surface area contributed by atoms with E-state index in [1.165, 1.54) is 36.5 Å². The average molecular weight is 523 g/mol. The maximum absolute atomic E-state index is 5.34. The second-order valence-electron chi connectivity index (χ2n) is 10.3. The molecule has 0 amide bonds. The van der Waals surface area contributed by atoms with Gasteiger partial charge in [-0.1, -0.05) is 109 Å². The molecule has 0 saturated carbocycles. The van der Waals surface area contributed by atoms with Crippen LogP contribution >= 0.6 is 11.3 Å². The number of fused-ring (bicyclic) bond motifs is 7. The number of para-hydroxylation sites is 1. The summed E-state index contributed by atoms with van der Waals surface area (Å²) in [6, 6.07) is 43.0. The van der Waals surface area contributed by atoms with Crippen LogP contribution in [0.2, 0.25) is 0 Å². The van der Waals surface area contributed by atoms with Gasteiger partial charge in [-0.05, 0) is 30.2 Å². The van der Waals surface area contributed by atoms with Gasteiger partial charge in [-0.25, -0.2) is 4.99 Å². The van der Waals surface area contributed by atoms with Crippen LogP contribution in [0.5, 0.6) is 0 Å². The summed E-state index contributed by atoms with van der Waals surface area (Å²) >= 11 is 1.86. The summed E-state index contributed by atoms with van der Waals surface area (Å²) in [5, 5.41) is 12.7. The molecule has 0 saturated heterocycles. The molecular weight excluding hydrogens is 496 g/mol. The van der Waals surface area contributed by atoms with Crippen LogP contribution in [0.15, 0.2) is 126 Å². The summed E-state index contributed by atoms with van der Waals surface area (Å²) in [6.45, 7) is 2.20. The van der Waals surface area contributed by atoms with Crippen molar-refractivity contribution in [1.29, 1.82) is 0 Å². The van der Waals surface area contributed by atoms with Crippen molar-refractivity contribution < 1.29 is 0 Å². The Morgan fingerprint density at radius 1 is 0.692 bits per heavy atom. The highest BCUT2D eigenvalue weighted by Crippen LogP contribution is 2.42. The quantitative estimate of drug-likeness (QED) is 0.241. The van der Waals surface area contributed by atoms with Crippen LogP contribution in [0, 0.1) is 0 Å². The molecule has 0 fully saturated rings. The minimum atomic E-state index is -0.537. The van der Waals surface area contributed by atoms with E-state index in [0.717, 1.165) is 22.6 Å². The molecular formula is C34H26N4S. The van der Waals surface area contributed by atoms with Crippen LogP contribution < -0.4 is 10.6 Å². The number of aliphatic imine (C=N–C) groups is 1.